The summed E-state index contributed by atoms with van der Waals surface area (Å²) in [5.41, 5.74) is 0. The molecule has 2 rings (SSSR count). The molecular weight excluding hydrogens is 224 g/mol. The first kappa shape index (κ1) is 13.7. The highest BCUT2D eigenvalue weighted by Gasteiger charge is 2.28. The van der Waals surface area contributed by atoms with Crippen molar-refractivity contribution in [3.05, 3.63) is 0 Å². The fraction of sp³-hybridized carbons (Fsp3) is 0.933. The molecule has 104 valence electrons. The summed E-state index contributed by atoms with van der Waals surface area (Å²) in [4.78, 5) is 16.5. The van der Waals surface area contributed by atoms with Crippen LogP contribution in [0.15, 0.2) is 0 Å². The molecule has 2 amide bonds. The quantitative estimate of drug-likeness (QED) is 0.703. The molecule has 0 bridgehead atoms. The Kier molecular flexibility index (Phi) is 4.52. The van der Waals surface area contributed by atoms with Gasteiger partial charge in [-0.15, -0.1) is 0 Å². The van der Waals surface area contributed by atoms with Crippen molar-refractivity contribution in [2.75, 3.05) is 26.2 Å². The van der Waals surface area contributed by atoms with E-state index in [9.17, 15) is 4.79 Å². The van der Waals surface area contributed by atoms with Crippen LogP contribution in [-0.2, 0) is 0 Å². The van der Waals surface area contributed by atoms with Crippen molar-refractivity contribution in [1.82, 2.24) is 9.80 Å². The van der Waals surface area contributed by atoms with Crippen LogP contribution in [-0.4, -0.2) is 42.0 Å². The zero-order valence-electron chi connectivity index (χ0n) is 12.2. The van der Waals surface area contributed by atoms with E-state index in [1.54, 1.807) is 0 Å². The highest BCUT2D eigenvalue weighted by molar-refractivity contribution is 5.74. The Hall–Kier alpha value is -0.730. The van der Waals surface area contributed by atoms with Crippen LogP contribution in [0.1, 0.15) is 46.5 Å². The molecule has 3 heteroatoms. The number of piperidine rings is 2. The predicted molar refractivity (Wildman–Crippen MR) is 74.5 cm³/mol. The standard InChI is InChI=1S/C15H28N2O/c1-12(2)14-6-10-17(11-7-14)15(18)16-8-4-13(3)5-9-16/h12-14H,4-11H2,1-3H3. The molecular formula is C15H28N2O. The van der Waals surface area contributed by atoms with Gasteiger partial charge in [0.05, 0.1) is 0 Å². The van der Waals surface area contributed by atoms with Crippen LogP contribution in [0.2, 0.25) is 0 Å². The topological polar surface area (TPSA) is 23.6 Å². The second kappa shape index (κ2) is 5.94. The summed E-state index contributed by atoms with van der Waals surface area (Å²) in [5, 5.41) is 0. The summed E-state index contributed by atoms with van der Waals surface area (Å²) in [6.45, 7) is 10.7. The van der Waals surface area contributed by atoms with E-state index in [1.807, 2.05) is 0 Å². The molecule has 0 atom stereocenters. The summed E-state index contributed by atoms with van der Waals surface area (Å²) < 4.78 is 0. The monoisotopic (exact) mass is 252 g/mol. The molecule has 18 heavy (non-hydrogen) atoms. The lowest BCUT2D eigenvalue weighted by molar-refractivity contribution is 0.111. The summed E-state index contributed by atoms with van der Waals surface area (Å²) in [5.74, 6) is 2.37. The van der Waals surface area contributed by atoms with Gasteiger partial charge in [-0.3, -0.25) is 0 Å². The Morgan fingerprint density at radius 1 is 0.944 bits per heavy atom. The predicted octanol–water partition coefficient (Wildman–Crippen LogP) is 3.21. The van der Waals surface area contributed by atoms with Crippen LogP contribution in [0.4, 0.5) is 4.79 Å². The molecule has 0 aromatic heterocycles. The normalized spacial score (nSPS) is 23.8. The molecule has 2 aliphatic heterocycles. The molecule has 0 saturated carbocycles. The van der Waals surface area contributed by atoms with Crippen molar-refractivity contribution in [3.8, 4) is 0 Å². The Morgan fingerprint density at radius 3 is 1.83 bits per heavy atom. The zero-order chi connectivity index (χ0) is 13.1. The number of carbonyl (C=O) groups is 1. The summed E-state index contributed by atoms with van der Waals surface area (Å²) in [6.07, 6.45) is 4.73. The highest BCUT2D eigenvalue weighted by atomic mass is 16.2. The Bertz CT molecular complexity index is 274. The summed E-state index contributed by atoms with van der Waals surface area (Å²) in [6, 6.07) is 0.295. The Morgan fingerprint density at radius 2 is 1.39 bits per heavy atom. The molecule has 2 fully saturated rings. The van der Waals surface area contributed by atoms with Gasteiger partial charge < -0.3 is 9.80 Å². The van der Waals surface area contributed by atoms with Gasteiger partial charge in [0.15, 0.2) is 0 Å². The number of likely N-dealkylation sites (tertiary alicyclic amines) is 2. The van der Waals surface area contributed by atoms with Gasteiger partial charge in [0.2, 0.25) is 0 Å². The lowest BCUT2D eigenvalue weighted by Gasteiger charge is -2.39. The number of hydrogen-bond donors (Lipinski definition) is 0. The van der Waals surface area contributed by atoms with E-state index in [0.29, 0.717) is 6.03 Å². The molecule has 0 radical (unpaired) electrons. The van der Waals surface area contributed by atoms with E-state index in [2.05, 4.69) is 30.6 Å². The van der Waals surface area contributed by atoms with Crippen LogP contribution in [0.5, 0.6) is 0 Å². The maximum atomic E-state index is 12.4. The molecule has 3 nitrogen and oxygen atoms in total. The van der Waals surface area contributed by atoms with Crippen molar-refractivity contribution in [2.24, 2.45) is 17.8 Å². The van der Waals surface area contributed by atoms with Crippen LogP contribution in [0.25, 0.3) is 0 Å². The second-order valence-electron chi connectivity index (χ2n) is 6.52. The fourth-order valence-corrected chi connectivity index (χ4v) is 3.16. The molecule has 2 heterocycles. The lowest BCUT2D eigenvalue weighted by Crippen LogP contribution is -2.49. The van der Waals surface area contributed by atoms with Crippen molar-refractivity contribution in [2.45, 2.75) is 46.5 Å². The maximum Gasteiger partial charge on any atom is 0.319 e. The Labute approximate surface area is 112 Å². The third-order valence-electron chi connectivity index (χ3n) is 4.81. The maximum absolute atomic E-state index is 12.4. The number of amides is 2. The molecule has 0 aromatic rings. The third-order valence-corrected chi connectivity index (χ3v) is 4.81. The van der Waals surface area contributed by atoms with E-state index in [4.69, 9.17) is 0 Å². The van der Waals surface area contributed by atoms with E-state index >= 15 is 0 Å². The average molecular weight is 252 g/mol. The van der Waals surface area contributed by atoms with Crippen molar-refractivity contribution < 1.29 is 4.79 Å². The Balaban J connectivity index is 1.80. The molecule has 0 spiro atoms. The number of rotatable bonds is 1. The first-order chi connectivity index (χ1) is 8.58. The molecule has 0 unspecified atom stereocenters. The van der Waals surface area contributed by atoms with Gasteiger partial charge in [0.25, 0.3) is 0 Å². The van der Waals surface area contributed by atoms with Gasteiger partial charge in [-0.25, -0.2) is 4.79 Å². The van der Waals surface area contributed by atoms with E-state index in [1.165, 1.54) is 25.7 Å². The number of hydrogen-bond acceptors (Lipinski definition) is 1. The average Bonchev–Trinajstić information content (AvgIpc) is 2.39. The van der Waals surface area contributed by atoms with Gasteiger partial charge in [0.1, 0.15) is 0 Å². The third kappa shape index (κ3) is 3.18. The lowest BCUT2D eigenvalue weighted by atomic mass is 9.87. The van der Waals surface area contributed by atoms with Crippen LogP contribution in [0.3, 0.4) is 0 Å². The fourth-order valence-electron chi connectivity index (χ4n) is 3.16. The summed E-state index contributed by atoms with van der Waals surface area (Å²) >= 11 is 0. The molecule has 0 aliphatic carbocycles. The highest BCUT2D eigenvalue weighted by Crippen LogP contribution is 2.26. The minimum Gasteiger partial charge on any atom is -0.325 e. The van der Waals surface area contributed by atoms with E-state index < -0.39 is 0 Å². The zero-order valence-corrected chi connectivity index (χ0v) is 12.2. The van der Waals surface area contributed by atoms with Crippen LogP contribution < -0.4 is 0 Å². The number of urea groups is 1. The minimum atomic E-state index is 0.295. The van der Waals surface area contributed by atoms with Gasteiger partial charge in [-0.05, 0) is 43.4 Å². The second-order valence-corrected chi connectivity index (χ2v) is 6.52. The number of nitrogens with zero attached hydrogens (tertiary/aromatic N) is 2. The first-order valence-electron chi connectivity index (χ1n) is 7.61. The number of carbonyl (C=O) groups excluding carboxylic acids is 1. The molecule has 0 N–H and O–H groups in total. The smallest absolute Gasteiger partial charge is 0.319 e. The van der Waals surface area contributed by atoms with Crippen molar-refractivity contribution >= 4 is 6.03 Å². The van der Waals surface area contributed by atoms with Gasteiger partial charge >= 0.3 is 6.03 Å². The first-order valence-corrected chi connectivity index (χ1v) is 7.61. The largest absolute Gasteiger partial charge is 0.325 e. The summed E-state index contributed by atoms with van der Waals surface area (Å²) in [7, 11) is 0. The van der Waals surface area contributed by atoms with E-state index in [-0.39, 0.29) is 0 Å². The molecule has 0 aromatic carbocycles. The van der Waals surface area contributed by atoms with E-state index in [0.717, 1.165) is 43.9 Å². The minimum absolute atomic E-state index is 0.295. The van der Waals surface area contributed by atoms with Gasteiger partial charge in [-0.1, -0.05) is 20.8 Å². The van der Waals surface area contributed by atoms with Crippen molar-refractivity contribution in [3.63, 3.8) is 0 Å². The van der Waals surface area contributed by atoms with Crippen molar-refractivity contribution in [1.29, 1.82) is 0 Å². The van der Waals surface area contributed by atoms with Crippen LogP contribution >= 0.6 is 0 Å². The van der Waals surface area contributed by atoms with Crippen LogP contribution in [0, 0.1) is 17.8 Å². The van der Waals surface area contributed by atoms with Gasteiger partial charge in [-0.2, -0.15) is 0 Å². The van der Waals surface area contributed by atoms with Gasteiger partial charge in [0, 0.05) is 26.2 Å². The molecule has 2 saturated heterocycles. The molecule has 2 aliphatic rings. The SMILES string of the molecule is CC1CCN(C(=O)N2CCC(C(C)C)CC2)CC1.